The van der Waals surface area contributed by atoms with E-state index in [1.165, 1.54) is 6.08 Å². The molecule has 0 radical (unpaired) electrons. The molecule has 2 aromatic heterocycles. The van der Waals surface area contributed by atoms with Crippen LogP contribution in [0.2, 0.25) is 5.02 Å². The number of halogens is 1. The molecule has 4 N–H and O–H groups in total. The normalized spacial score (nSPS) is 12.1. The first-order valence-corrected chi connectivity index (χ1v) is 14.3. The topological polar surface area (TPSA) is 115 Å². The number of carbonyl (C=O) groups excluding carboxylic acids is 1. The van der Waals surface area contributed by atoms with E-state index >= 15 is 0 Å². The molecule has 0 aliphatic carbocycles. The first-order valence-electron chi connectivity index (χ1n) is 12.7. The second-order valence-corrected chi connectivity index (χ2v) is 11.0. The van der Waals surface area contributed by atoms with E-state index in [0.29, 0.717) is 45.2 Å². The number of carbonyl (C=O) groups is 1. The van der Waals surface area contributed by atoms with Gasteiger partial charge in [-0.25, -0.2) is 14.2 Å². The molecular weight excluding hydrogens is 558 g/mol. The number of aromatic nitrogens is 3. The third kappa shape index (κ3) is 7.17. The molecule has 1 unspecified atom stereocenters. The molecule has 3 aromatic carbocycles. The number of para-hydroxylation sites is 1. The van der Waals surface area contributed by atoms with Crippen molar-refractivity contribution < 1.29 is 9.00 Å². The highest BCUT2D eigenvalue weighted by Gasteiger charge is 2.13. The number of hydrogen-bond acceptors (Lipinski definition) is 6. The summed E-state index contributed by atoms with van der Waals surface area (Å²) in [5.41, 5.74) is 4.45. The molecule has 1 amide bonds. The molecule has 0 bridgehead atoms. The van der Waals surface area contributed by atoms with Crippen LogP contribution in [0.4, 0.5) is 23.0 Å². The van der Waals surface area contributed by atoms with Crippen molar-refractivity contribution in [1.29, 1.82) is 0 Å². The zero-order chi connectivity index (χ0) is 28.8. The number of hydrogen-bond donors (Lipinski definition) is 4. The van der Waals surface area contributed by atoms with Crippen LogP contribution in [0, 0.1) is 0 Å². The summed E-state index contributed by atoms with van der Waals surface area (Å²) in [6.07, 6.45) is 6.73. The van der Waals surface area contributed by atoms with Crippen LogP contribution in [0.15, 0.2) is 102 Å². The molecule has 2 heterocycles. The molecule has 0 spiro atoms. The summed E-state index contributed by atoms with van der Waals surface area (Å²) in [6, 6.07) is 22.1. The highest BCUT2D eigenvalue weighted by Crippen LogP contribution is 2.33. The Balaban J connectivity index is 1.24. The zero-order valence-electron chi connectivity index (χ0n) is 22.4. The number of nitrogens with zero attached hydrogens (tertiary/aromatic N) is 3. The van der Waals surface area contributed by atoms with Gasteiger partial charge in [-0.1, -0.05) is 41.9 Å². The van der Waals surface area contributed by atoms with Gasteiger partial charge in [-0.15, -0.1) is 0 Å². The fraction of sp³-hybridized carbons (Fsp3) is 0.100. The van der Waals surface area contributed by atoms with Crippen molar-refractivity contribution in [3.05, 3.63) is 102 Å². The molecule has 0 saturated carbocycles. The Morgan fingerprint density at radius 3 is 2.61 bits per heavy atom. The Morgan fingerprint density at radius 1 is 1.02 bits per heavy atom. The van der Waals surface area contributed by atoms with Crippen molar-refractivity contribution in [3.8, 4) is 11.3 Å². The van der Waals surface area contributed by atoms with E-state index < -0.39 is 11.0 Å². The van der Waals surface area contributed by atoms with Gasteiger partial charge in [0.15, 0.2) is 0 Å². The first kappa shape index (κ1) is 28.0. The van der Waals surface area contributed by atoms with E-state index in [1.807, 2.05) is 73.7 Å². The van der Waals surface area contributed by atoms with Gasteiger partial charge in [0.2, 0.25) is 11.9 Å². The minimum Gasteiger partial charge on any atom is -0.360 e. The maximum atomic E-state index is 13.0. The molecule has 0 aliphatic rings. The second-order valence-electron chi connectivity index (χ2n) is 9.39. The van der Waals surface area contributed by atoms with Crippen molar-refractivity contribution in [3.63, 3.8) is 0 Å². The van der Waals surface area contributed by atoms with Crippen LogP contribution in [0.3, 0.4) is 0 Å². The average Bonchev–Trinajstić information content (AvgIpc) is 3.38. The summed E-state index contributed by atoms with van der Waals surface area (Å²) >= 11 is 6.46. The van der Waals surface area contributed by atoms with Crippen LogP contribution >= 0.6 is 11.6 Å². The summed E-state index contributed by atoms with van der Waals surface area (Å²) < 4.78 is 16.0. The summed E-state index contributed by atoms with van der Waals surface area (Å²) in [5, 5.41) is 7.45. The monoisotopic (exact) mass is 585 g/mol. The van der Waals surface area contributed by atoms with Gasteiger partial charge in [0.05, 0.1) is 21.8 Å². The Hall–Kier alpha value is -4.51. The molecule has 0 saturated heterocycles. The molecule has 41 heavy (non-hydrogen) atoms. The van der Waals surface area contributed by atoms with Crippen LogP contribution in [-0.2, 0) is 15.8 Å². The summed E-state index contributed by atoms with van der Waals surface area (Å²) in [6.45, 7) is 0.673. The summed E-state index contributed by atoms with van der Waals surface area (Å²) in [4.78, 5) is 26.8. The number of likely N-dealkylation sites (N-methyl/N-ethyl adjacent to an activating group) is 1. The van der Waals surface area contributed by atoms with E-state index in [1.54, 1.807) is 36.5 Å². The molecule has 1 atom stereocenters. The number of aromatic amines is 1. The van der Waals surface area contributed by atoms with Gasteiger partial charge in [0.1, 0.15) is 11.0 Å². The molecule has 208 valence electrons. The predicted octanol–water partition coefficient (Wildman–Crippen LogP) is 6.21. The highest BCUT2D eigenvalue weighted by atomic mass is 35.5. The van der Waals surface area contributed by atoms with Crippen molar-refractivity contribution in [2.45, 2.75) is 4.90 Å². The zero-order valence-corrected chi connectivity index (χ0v) is 24.0. The Bertz CT molecular complexity index is 1730. The molecule has 0 aliphatic heterocycles. The minimum atomic E-state index is -1.52. The Kier molecular flexibility index (Phi) is 8.73. The van der Waals surface area contributed by atoms with Crippen molar-refractivity contribution in [2.24, 2.45) is 0 Å². The van der Waals surface area contributed by atoms with Gasteiger partial charge in [0, 0.05) is 52.3 Å². The Morgan fingerprint density at radius 2 is 1.80 bits per heavy atom. The summed E-state index contributed by atoms with van der Waals surface area (Å²) in [5.74, 6) is 0.156. The second kappa shape index (κ2) is 12.8. The largest absolute Gasteiger partial charge is 0.360 e. The highest BCUT2D eigenvalue weighted by molar-refractivity contribution is 7.86. The van der Waals surface area contributed by atoms with Crippen molar-refractivity contribution in [1.82, 2.24) is 19.9 Å². The van der Waals surface area contributed by atoms with Gasteiger partial charge in [-0.2, -0.15) is 0 Å². The van der Waals surface area contributed by atoms with Gasteiger partial charge in [-0.3, -0.25) is 4.79 Å². The maximum Gasteiger partial charge on any atom is 0.248 e. The number of fused-ring (bicyclic) bond motifs is 1. The van der Waals surface area contributed by atoms with E-state index in [0.717, 1.165) is 16.5 Å². The van der Waals surface area contributed by atoms with Crippen LogP contribution in [0.5, 0.6) is 0 Å². The van der Waals surface area contributed by atoms with Gasteiger partial charge in [-0.05, 0) is 62.6 Å². The third-order valence-corrected chi connectivity index (χ3v) is 7.39. The third-order valence-electron chi connectivity index (χ3n) is 5.99. The van der Waals surface area contributed by atoms with Crippen LogP contribution in [0.25, 0.3) is 22.2 Å². The SMILES string of the molecule is CN(C)C/C=C/C(=O)Nc1ccc(S(=O)Nc2cccc(Nc3ncc(Cl)c(-c4c[nH]c5ccccc45)n3)c2)cc1. The van der Waals surface area contributed by atoms with Crippen LogP contribution < -0.4 is 15.4 Å². The molecule has 11 heteroatoms. The number of anilines is 4. The van der Waals surface area contributed by atoms with Gasteiger partial charge in [0.25, 0.3) is 0 Å². The number of amides is 1. The van der Waals surface area contributed by atoms with E-state index in [2.05, 4.69) is 30.3 Å². The standard InChI is InChI=1S/C30H28ClN7O2S/c1-38(2)16-6-11-28(39)34-20-12-14-23(15-13-20)41(40)37-22-8-5-7-21(17-22)35-30-33-19-26(31)29(36-30)25-18-32-27-10-4-3-9-24(25)27/h3-15,17-19,32,37H,16H2,1-2H3,(H,34,39)(H,33,35,36)/b11-6+. The molecule has 9 nitrogen and oxygen atoms in total. The van der Waals surface area contributed by atoms with Gasteiger partial charge < -0.3 is 25.2 Å². The molecular formula is C30H28ClN7O2S. The van der Waals surface area contributed by atoms with Crippen molar-refractivity contribution in [2.75, 3.05) is 36.0 Å². The number of nitrogens with one attached hydrogen (secondary N) is 4. The van der Waals surface area contributed by atoms with E-state index in [-0.39, 0.29) is 5.91 Å². The number of H-pyrrole nitrogens is 1. The lowest BCUT2D eigenvalue weighted by atomic mass is 10.1. The smallest absolute Gasteiger partial charge is 0.248 e. The van der Waals surface area contributed by atoms with Crippen molar-refractivity contribution >= 4 is 62.4 Å². The Labute approximate surface area is 245 Å². The maximum absolute atomic E-state index is 13.0. The molecule has 5 aromatic rings. The number of benzene rings is 3. The quantitative estimate of drug-likeness (QED) is 0.145. The lowest BCUT2D eigenvalue weighted by molar-refractivity contribution is -0.111. The lowest BCUT2D eigenvalue weighted by Crippen LogP contribution is -2.13. The molecule has 5 rings (SSSR count). The molecule has 0 fully saturated rings. The van der Waals surface area contributed by atoms with E-state index in [9.17, 15) is 9.00 Å². The predicted molar refractivity (Wildman–Crippen MR) is 167 cm³/mol. The van der Waals surface area contributed by atoms with Crippen LogP contribution in [0.1, 0.15) is 0 Å². The first-order chi connectivity index (χ1) is 19.9. The van der Waals surface area contributed by atoms with E-state index in [4.69, 9.17) is 11.6 Å². The summed E-state index contributed by atoms with van der Waals surface area (Å²) in [7, 11) is 2.33. The minimum absolute atomic E-state index is 0.221. The van der Waals surface area contributed by atoms with Gasteiger partial charge >= 0.3 is 0 Å². The lowest BCUT2D eigenvalue weighted by Gasteiger charge is -2.11. The van der Waals surface area contributed by atoms with Crippen LogP contribution in [-0.4, -0.2) is 50.6 Å². The number of rotatable bonds is 10. The fourth-order valence-electron chi connectivity index (χ4n) is 4.06. The average molecular weight is 586 g/mol. The fourth-order valence-corrected chi connectivity index (χ4v) is 5.09.